The van der Waals surface area contributed by atoms with E-state index in [1.165, 1.54) is 11.3 Å². The van der Waals surface area contributed by atoms with Crippen molar-refractivity contribution in [1.82, 2.24) is 15.2 Å². The van der Waals surface area contributed by atoms with E-state index in [9.17, 15) is 4.79 Å². The Morgan fingerprint density at radius 3 is 2.62 bits per heavy atom. The molecule has 1 aliphatic rings. The number of halogens is 2. The van der Waals surface area contributed by atoms with Crippen LogP contribution in [-0.2, 0) is 11.3 Å². The summed E-state index contributed by atoms with van der Waals surface area (Å²) in [6, 6.07) is 0. The van der Waals surface area contributed by atoms with Gasteiger partial charge in [-0.2, -0.15) is 0 Å². The molecule has 9 heteroatoms. The minimum atomic E-state index is -0.107. The van der Waals surface area contributed by atoms with Crippen LogP contribution in [0, 0.1) is 0 Å². The number of morpholine rings is 1. The molecule has 0 saturated carbocycles. The lowest BCUT2D eigenvalue weighted by molar-refractivity contribution is -0.0681. The van der Waals surface area contributed by atoms with E-state index in [1.54, 1.807) is 5.38 Å². The third-order valence-electron chi connectivity index (χ3n) is 3.64. The Balaban J connectivity index is 0.00000264. The standard InChI is InChI=1S/C15H26N4O2S.2ClH/c1-11-8-19(9-12(2)21-11)6-4-3-5-17-15(20)13-10-22-14(7-16)18-13;;/h10-12H,3-9,16H2,1-2H3,(H,17,20);2*1H. The second kappa shape index (κ2) is 12.0. The van der Waals surface area contributed by atoms with Gasteiger partial charge in [0.25, 0.3) is 5.91 Å². The molecular formula is C15H28Cl2N4O2S. The van der Waals surface area contributed by atoms with Gasteiger partial charge in [-0.05, 0) is 33.2 Å². The van der Waals surface area contributed by atoms with Crippen LogP contribution < -0.4 is 11.1 Å². The van der Waals surface area contributed by atoms with E-state index in [0.29, 0.717) is 31.0 Å². The van der Waals surface area contributed by atoms with Gasteiger partial charge in [-0.1, -0.05) is 0 Å². The van der Waals surface area contributed by atoms with Crippen LogP contribution >= 0.6 is 36.2 Å². The minimum Gasteiger partial charge on any atom is -0.373 e. The van der Waals surface area contributed by atoms with E-state index in [-0.39, 0.29) is 30.7 Å². The molecule has 24 heavy (non-hydrogen) atoms. The van der Waals surface area contributed by atoms with Gasteiger partial charge in [-0.3, -0.25) is 9.69 Å². The molecule has 1 aromatic rings. The SMILES string of the molecule is CC1CN(CCCCNC(=O)c2csc(CN)n2)CC(C)O1.Cl.Cl. The van der Waals surface area contributed by atoms with Crippen LogP contribution in [0.25, 0.3) is 0 Å². The predicted molar refractivity (Wildman–Crippen MR) is 103 cm³/mol. The number of nitrogens with one attached hydrogen (secondary N) is 1. The summed E-state index contributed by atoms with van der Waals surface area (Å²) in [6.45, 7) is 8.35. The molecule has 0 radical (unpaired) electrons. The number of amides is 1. The zero-order valence-corrected chi connectivity index (χ0v) is 16.6. The second-order valence-corrected chi connectivity index (χ2v) is 6.75. The maximum absolute atomic E-state index is 11.9. The Bertz CT molecular complexity index is 480. The summed E-state index contributed by atoms with van der Waals surface area (Å²) in [6.07, 6.45) is 2.67. The zero-order chi connectivity index (χ0) is 15.9. The highest BCUT2D eigenvalue weighted by Crippen LogP contribution is 2.11. The molecule has 0 bridgehead atoms. The molecule has 2 rings (SSSR count). The van der Waals surface area contributed by atoms with Gasteiger partial charge in [0.15, 0.2) is 0 Å². The molecule has 3 N–H and O–H groups in total. The van der Waals surface area contributed by atoms with E-state index < -0.39 is 0 Å². The smallest absolute Gasteiger partial charge is 0.270 e. The third kappa shape index (κ3) is 7.63. The first kappa shape index (κ1) is 23.6. The first-order chi connectivity index (χ1) is 10.6. The van der Waals surface area contributed by atoms with E-state index in [1.807, 2.05) is 0 Å². The highest BCUT2D eigenvalue weighted by molar-refractivity contribution is 7.09. The Labute approximate surface area is 160 Å². The number of rotatable bonds is 7. The fourth-order valence-corrected chi connectivity index (χ4v) is 3.38. The van der Waals surface area contributed by atoms with Crippen molar-refractivity contribution in [2.45, 2.75) is 45.4 Å². The number of hydrogen-bond donors (Lipinski definition) is 2. The van der Waals surface area contributed by atoms with Crippen LogP contribution in [0.2, 0.25) is 0 Å². The van der Waals surface area contributed by atoms with Crippen LogP contribution in [-0.4, -0.2) is 54.2 Å². The first-order valence-corrected chi connectivity index (χ1v) is 8.77. The van der Waals surface area contributed by atoms with Crippen LogP contribution in [0.4, 0.5) is 0 Å². The molecule has 0 aliphatic carbocycles. The average molecular weight is 399 g/mol. The van der Waals surface area contributed by atoms with Gasteiger partial charge < -0.3 is 15.8 Å². The van der Waals surface area contributed by atoms with Crippen LogP contribution in [0.5, 0.6) is 0 Å². The van der Waals surface area contributed by atoms with E-state index in [0.717, 1.165) is 37.5 Å². The summed E-state index contributed by atoms with van der Waals surface area (Å²) in [7, 11) is 0. The molecule has 1 aromatic heterocycles. The number of aromatic nitrogens is 1. The van der Waals surface area contributed by atoms with Gasteiger partial charge in [0, 0.05) is 31.6 Å². The fourth-order valence-electron chi connectivity index (χ4n) is 2.73. The van der Waals surface area contributed by atoms with Gasteiger partial charge in [0.1, 0.15) is 10.7 Å². The molecule has 2 heterocycles. The largest absolute Gasteiger partial charge is 0.373 e. The maximum atomic E-state index is 11.9. The number of nitrogens with zero attached hydrogens (tertiary/aromatic N) is 2. The highest BCUT2D eigenvalue weighted by Gasteiger charge is 2.21. The number of hydrogen-bond acceptors (Lipinski definition) is 6. The second-order valence-electron chi connectivity index (χ2n) is 5.81. The summed E-state index contributed by atoms with van der Waals surface area (Å²) in [5, 5.41) is 5.46. The average Bonchev–Trinajstić information content (AvgIpc) is 2.94. The summed E-state index contributed by atoms with van der Waals surface area (Å²) in [4.78, 5) is 18.5. The van der Waals surface area contributed by atoms with E-state index in [2.05, 4.69) is 29.0 Å². The van der Waals surface area contributed by atoms with Crippen LogP contribution in [0.1, 0.15) is 42.2 Å². The Morgan fingerprint density at radius 1 is 1.38 bits per heavy atom. The third-order valence-corrected chi connectivity index (χ3v) is 4.51. The molecule has 1 amide bonds. The molecule has 1 fully saturated rings. The van der Waals surface area contributed by atoms with Crippen molar-refractivity contribution in [2.24, 2.45) is 5.73 Å². The van der Waals surface area contributed by atoms with Crippen molar-refractivity contribution in [3.8, 4) is 0 Å². The van der Waals surface area contributed by atoms with Gasteiger partial charge in [-0.25, -0.2) is 4.98 Å². The number of carbonyl (C=O) groups is 1. The maximum Gasteiger partial charge on any atom is 0.270 e. The minimum absolute atomic E-state index is 0. The Hall–Kier alpha value is -0.440. The van der Waals surface area contributed by atoms with Crippen molar-refractivity contribution < 1.29 is 9.53 Å². The lowest BCUT2D eigenvalue weighted by atomic mass is 10.2. The Kier molecular flexibility index (Phi) is 11.8. The molecule has 2 unspecified atom stereocenters. The zero-order valence-electron chi connectivity index (χ0n) is 14.2. The lowest BCUT2D eigenvalue weighted by Crippen LogP contribution is -2.45. The van der Waals surface area contributed by atoms with Crippen molar-refractivity contribution in [3.63, 3.8) is 0 Å². The summed E-state index contributed by atoms with van der Waals surface area (Å²) in [5.74, 6) is -0.107. The molecular weight excluding hydrogens is 371 g/mol. The Morgan fingerprint density at radius 2 is 2.04 bits per heavy atom. The lowest BCUT2D eigenvalue weighted by Gasteiger charge is -2.35. The number of nitrogens with two attached hydrogens (primary N) is 1. The quantitative estimate of drug-likeness (QED) is 0.686. The number of unbranched alkanes of at least 4 members (excludes halogenated alkanes) is 1. The van der Waals surface area contributed by atoms with Crippen LogP contribution in [0.15, 0.2) is 5.38 Å². The van der Waals surface area contributed by atoms with E-state index in [4.69, 9.17) is 10.5 Å². The van der Waals surface area contributed by atoms with Crippen molar-refractivity contribution in [3.05, 3.63) is 16.1 Å². The molecule has 1 aliphatic heterocycles. The summed E-state index contributed by atoms with van der Waals surface area (Å²) in [5.41, 5.74) is 5.97. The summed E-state index contributed by atoms with van der Waals surface area (Å²) < 4.78 is 5.72. The molecule has 1 saturated heterocycles. The molecule has 6 nitrogen and oxygen atoms in total. The van der Waals surface area contributed by atoms with Crippen LogP contribution in [0.3, 0.4) is 0 Å². The topological polar surface area (TPSA) is 80.5 Å². The summed E-state index contributed by atoms with van der Waals surface area (Å²) >= 11 is 1.43. The molecule has 0 aromatic carbocycles. The number of thiazole rings is 1. The van der Waals surface area contributed by atoms with E-state index >= 15 is 0 Å². The highest BCUT2D eigenvalue weighted by atomic mass is 35.5. The van der Waals surface area contributed by atoms with Gasteiger partial charge in [0.05, 0.1) is 12.2 Å². The molecule has 2 atom stereocenters. The normalized spacial score (nSPS) is 20.8. The van der Waals surface area contributed by atoms with Gasteiger partial charge in [0.2, 0.25) is 0 Å². The van der Waals surface area contributed by atoms with Crippen molar-refractivity contribution in [2.75, 3.05) is 26.2 Å². The van der Waals surface area contributed by atoms with Crippen molar-refractivity contribution >= 4 is 42.1 Å². The number of carbonyl (C=O) groups excluding carboxylic acids is 1. The predicted octanol–water partition coefficient (Wildman–Crippen LogP) is 2.06. The fraction of sp³-hybridized carbons (Fsp3) is 0.733. The monoisotopic (exact) mass is 398 g/mol. The molecule has 140 valence electrons. The number of ether oxygens (including phenoxy) is 1. The van der Waals surface area contributed by atoms with Gasteiger partial charge in [-0.15, -0.1) is 36.2 Å². The van der Waals surface area contributed by atoms with Crippen molar-refractivity contribution in [1.29, 1.82) is 0 Å². The van der Waals surface area contributed by atoms with Gasteiger partial charge >= 0.3 is 0 Å². The first-order valence-electron chi connectivity index (χ1n) is 7.89. The molecule has 0 spiro atoms.